The van der Waals surface area contributed by atoms with E-state index in [0.717, 1.165) is 13.2 Å². The van der Waals surface area contributed by atoms with Crippen molar-refractivity contribution in [2.45, 2.75) is 62.2 Å². The molecule has 28 heavy (non-hydrogen) atoms. The molecule has 0 radical (unpaired) electrons. The number of hydrogen-bond acceptors (Lipinski definition) is 2. The van der Waals surface area contributed by atoms with Gasteiger partial charge in [-0.25, -0.2) is 0 Å². The van der Waals surface area contributed by atoms with Crippen LogP contribution in [0.2, 0.25) is 13.1 Å². The van der Waals surface area contributed by atoms with E-state index in [0.29, 0.717) is 5.73 Å². The molecule has 2 heterocycles. The van der Waals surface area contributed by atoms with Crippen molar-refractivity contribution in [3.05, 3.63) is 60.7 Å². The van der Waals surface area contributed by atoms with Crippen LogP contribution < -0.4 is 10.4 Å². The second-order valence-electron chi connectivity index (χ2n) is 9.03. The number of rotatable bonds is 5. The van der Waals surface area contributed by atoms with Crippen molar-refractivity contribution in [1.29, 1.82) is 0 Å². The van der Waals surface area contributed by atoms with Crippen LogP contribution in [0.5, 0.6) is 0 Å². The molecule has 2 aliphatic heterocycles. The van der Waals surface area contributed by atoms with Crippen molar-refractivity contribution in [1.82, 2.24) is 0 Å². The highest BCUT2D eigenvalue weighted by Crippen LogP contribution is 2.41. The fourth-order valence-electron chi connectivity index (χ4n) is 5.53. The molecule has 0 aromatic heterocycles. The van der Waals surface area contributed by atoms with Crippen molar-refractivity contribution < 1.29 is 9.47 Å². The molecule has 0 N–H and O–H groups in total. The Labute approximate surface area is 172 Å². The maximum Gasteiger partial charge on any atom is 0.134 e. The summed E-state index contributed by atoms with van der Waals surface area (Å²) in [6.45, 7) is 6.98. The predicted octanol–water partition coefficient (Wildman–Crippen LogP) is 3.86. The molecule has 0 aliphatic carbocycles. The summed E-state index contributed by atoms with van der Waals surface area (Å²) in [6.07, 6.45) is 7.42. The Morgan fingerprint density at radius 1 is 0.821 bits per heavy atom. The van der Waals surface area contributed by atoms with Crippen LogP contribution in [0.3, 0.4) is 0 Å². The minimum absolute atomic E-state index is 0.00988. The van der Waals surface area contributed by atoms with Crippen LogP contribution in [0.25, 0.3) is 0 Å². The molecular weight excluding hydrogens is 376 g/mol. The maximum atomic E-state index is 7.00. The van der Waals surface area contributed by atoms with Crippen LogP contribution in [0.1, 0.15) is 38.5 Å². The second-order valence-corrected chi connectivity index (χ2v) is 17.7. The molecule has 2 fully saturated rings. The van der Waals surface area contributed by atoms with Crippen molar-refractivity contribution in [2.75, 3.05) is 13.2 Å². The Kier molecular flexibility index (Phi) is 6.21. The van der Waals surface area contributed by atoms with E-state index in [2.05, 4.69) is 73.8 Å². The van der Waals surface area contributed by atoms with Gasteiger partial charge in [-0.3, -0.25) is 0 Å². The number of hydrogen-bond donors (Lipinski definition) is 0. The zero-order valence-corrected chi connectivity index (χ0v) is 19.6. The van der Waals surface area contributed by atoms with E-state index < -0.39 is 16.9 Å². The summed E-state index contributed by atoms with van der Waals surface area (Å²) in [5.41, 5.74) is 0.418. The highest BCUT2D eigenvalue weighted by atomic mass is 28.4. The molecule has 0 amide bonds. The first-order chi connectivity index (χ1) is 13.7. The Morgan fingerprint density at radius 2 is 1.43 bits per heavy atom. The van der Waals surface area contributed by atoms with Gasteiger partial charge in [0.05, 0.1) is 10.6 Å². The third-order valence-corrected chi connectivity index (χ3v) is 18.3. The predicted molar refractivity (Wildman–Crippen MR) is 123 cm³/mol. The van der Waals surface area contributed by atoms with Gasteiger partial charge >= 0.3 is 0 Å². The molecule has 2 nitrogen and oxygen atoms in total. The second kappa shape index (κ2) is 8.66. The van der Waals surface area contributed by atoms with E-state index in [1.165, 1.54) is 48.9 Å². The monoisotopic (exact) mass is 410 g/mol. The van der Waals surface area contributed by atoms with Gasteiger partial charge in [0.15, 0.2) is 0 Å². The SMILES string of the molecule is C[Si](C)(C1CCCCO1)C1([SiH](c2ccccc2)c2ccccc2)CCCCO1. The molecular formula is C24H34O2Si2. The summed E-state index contributed by atoms with van der Waals surface area (Å²) in [4.78, 5) is 0.00988. The van der Waals surface area contributed by atoms with Gasteiger partial charge in [0.1, 0.15) is 16.9 Å². The van der Waals surface area contributed by atoms with Gasteiger partial charge in [-0.2, -0.15) is 0 Å². The van der Waals surface area contributed by atoms with E-state index >= 15 is 0 Å². The van der Waals surface area contributed by atoms with E-state index in [-0.39, 0.29) is 4.85 Å². The fraction of sp³-hybridized carbons (Fsp3) is 0.500. The standard InChI is InChI=1S/C24H34O2Si2/c1-28(2,23-17-9-11-19-25-23)24(18-10-12-20-26-24)27(21-13-5-3-6-14-21)22-15-7-4-8-16-22/h3-8,13-16,23,27H,9-12,17-20H2,1-2H3. The lowest BCUT2D eigenvalue weighted by molar-refractivity contribution is 0.00666. The van der Waals surface area contributed by atoms with Gasteiger partial charge in [0.25, 0.3) is 0 Å². The van der Waals surface area contributed by atoms with Crippen LogP contribution >= 0.6 is 0 Å². The molecule has 4 rings (SSSR count). The summed E-state index contributed by atoms with van der Waals surface area (Å²) < 4.78 is 13.4. The van der Waals surface area contributed by atoms with E-state index in [1.54, 1.807) is 0 Å². The molecule has 4 heteroatoms. The van der Waals surface area contributed by atoms with Crippen molar-refractivity contribution >= 4 is 27.2 Å². The number of benzene rings is 2. The topological polar surface area (TPSA) is 18.5 Å². The molecule has 2 aromatic rings. The highest BCUT2D eigenvalue weighted by Gasteiger charge is 2.58. The van der Waals surface area contributed by atoms with Gasteiger partial charge in [0.2, 0.25) is 0 Å². The van der Waals surface area contributed by atoms with Crippen LogP contribution in [-0.2, 0) is 9.47 Å². The normalized spacial score (nSPS) is 26.3. The zero-order chi connectivity index (χ0) is 19.5. The first kappa shape index (κ1) is 20.1. The lowest BCUT2D eigenvalue weighted by atomic mass is 10.2. The Bertz CT molecular complexity index is 696. The first-order valence-electron chi connectivity index (χ1n) is 11.0. The van der Waals surface area contributed by atoms with Crippen molar-refractivity contribution in [3.63, 3.8) is 0 Å². The van der Waals surface area contributed by atoms with E-state index in [1.807, 2.05) is 0 Å². The molecule has 2 unspecified atom stereocenters. The van der Waals surface area contributed by atoms with Gasteiger partial charge < -0.3 is 9.47 Å². The van der Waals surface area contributed by atoms with Crippen LogP contribution in [0, 0.1) is 0 Å². The minimum Gasteiger partial charge on any atom is -0.382 e. The largest absolute Gasteiger partial charge is 0.382 e. The summed E-state index contributed by atoms with van der Waals surface area (Å²) in [7, 11) is -3.47. The van der Waals surface area contributed by atoms with Crippen molar-refractivity contribution in [2.24, 2.45) is 0 Å². The van der Waals surface area contributed by atoms with Crippen molar-refractivity contribution in [3.8, 4) is 0 Å². The summed E-state index contributed by atoms with van der Waals surface area (Å²) in [6, 6.07) is 22.5. The third-order valence-electron chi connectivity index (χ3n) is 7.11. The Morgan fingerprint density at radius 3 is 1.93 bits per heavy atom. The van der Waals surface area contributed by atoms with Gasteiger partial charge in [0, 0.05) is 13.2 Å². The summed E-state index contributed by atoms with van der Waals surface area (Å²) in [5.74, 6) is 0. The van der Waals surface area contributed by atoms with E-state index in [4.69, 9.17) is 9.47 Å². The lowest BCUT2D eigenvalue weighted by Gasteiger charge is -2.55. The first-order valence-corrected chi connectivity index (χ1v) is 15.8. The van der Waals surface area contributed by atoms with Crippen LogP contribution in [0.4, 0.5) is 0 Å². The van der Waals surface area contributed by atoms with Crippen LogP contribution in [0.15, 0.2) is 60.7 Å². The van der Waals surface area contributed by atoms with E-state index in [9.17, 15) is 0 Å². The lowest BCUT2D eigenvalue weighted by Crippen LogP contribution is -2.77. The van der Waals surface area contributed by atoms with Crippen LogP contribution in [-0.4, -0.2) is 40.7 Å². The van der Waals surface area contributed by atoms with Gasteiger partial charge in [-0.15, -0.1) is 0 Å². The molecule has 150 valence electrons. The highest BCUT2D eigenvalue weighted by molar-refractivity contribution is 7.02. The molecule has 2 saturated heterocycles. The maximum absolute atomic E-state index is 7.00. The average Bonchev–Trinajstić information content (AvgIpc) is 2.77. The van der Waals surface area contributed by atoms with Gasteiger partial charge in [-0.1, -0.05) is 84.1 Å². The Hall–Kier alpha value is -1.21. The third kappa shape index (κ3) is 3.68. The average molecular weight is 411 g/mol. The molecule has 0 saturated carbocycles. The zero-order valence-electron chi connectivity index (χ0n) is 17.4. The smallest absolute Gasteiger partial charge is 0.134 e. The summed E-state index contributed by atoms with van der Waals surface area (Å²) >= 11 is 0. The quantitative estimate of drug-likeness (QED) is 0.697. The fourth-order valence-corrected chi connectivity index (χ4v) is 16.8. The molecule has 0 spiro atoms. The molecule has 2 atom stereocenters. The number of ether oxygens (including phenoxy) is 2. The van der Waals surface area contributed by atoms with Gasteiger partial charge in [-0.05, 0) is 38.5 Å². The summed E-state index contributed by atoms with van der Waals surface area (Å²) in [5, 5.41) is 3.04. The molecule has 0 bridgehead atoms. The Balaban J connectivity index is 1.85. The minimum atomic E-state index is -1.86. The molecule has 2 aromatic carbocycles. The molecule has 2 aliphatic rings.